The summed E-state index contributed by atoms with van der Waals surface area (Å²) in [5.74, 6) is 0.781. The molecule has 2 rings (SSSR count). The summed E-state index contributed by atoms with van der Waals surface area (Å²) in [4.78, 5) is 2.42. The van der Waals surface area contributed by atoms with Crippen molar-refractivity contribution >= 4 is 32.5 Å². The van der Waals surface area contributed by atoms with Gasteiger partial charge in [0.1, 0.15) is 5.75 Å². The molecule has 1 heterocycles. The largest absolute Gasteiger partial charge is 0.768 e. The third-order valence-corrected chi connectivity index (χ3v) is 6.84. The molecule has 0 fully saturated rings. The summed E-state index contributed by atoms with van der Waals surface area (Å²) in [6.45, 7) is 6.95. The summed E-state index contributed by atoms with van der Waals surface area (Å²) >= 11 is -0.897. The molecule has 152 valence electrons. The molecule has 4 N–H and O–H groups in total. The lowest BCUT2D eigenvalue weighted by molar-refractivity contribution is 0.230. The molecule has 0 spiro atoms. The van der Waals surface area contributed by atoms with E-state index in [1.807, 2.05) is 25.1 Å². The van der Waals surface area contributed by atoms with Crippen molar-refractivity contribution in [3.05, 3.63) is 23.8 Å². The number of hydrogen-bond acceptors (Lipinski definition) is 7. The van der Waals surface area contributed by atoms with Gasteiger partial charge in [-0.25, -0.2) is 0 Å². The number of aryl methyl sites for hydroxylation is 1. The van der Waals surface area contributed by atoms with Crippen molar-refractivity contribution in [3.8, 4) is 5.75 Å². The van der Waals surface area contributed by atoms with E-state index < -0.39 is 11.1 Å². The van der Waals surface area contributed by atoms with Crippen LogP contribution in [0.1, 0.15) is 31.2 Å². The molecular weight excluding hydrogens is 382 g/mol. The number of ether oxygens (including phenoxy) is 1. The first-order valence-electron chi connectivity index (χ1n) is 9.44. The van der Waals surface area contributed by atoms with E-state index in [0.717, 1.165) is 73.3 Å². The zero-order valence-electron chi connectivity index (χ0n) is 15.9. The summed E-state index contributed by atoms with van der Waals surface area (Å²) in [6.07, 6.45) is 4.09. The maximum Gasteiger partial charge on any atom is 0.119 e. The topological polar surface area (TPSA) is 105 Å². The summed E-state index contributed by atoms with van der Waals surface area (Å²) in [7, 11) is 0. The minimum absolute atomic E-state index is 0.398. The van der Waals surface area contributed by atoms with E-state index >= 15 is 0 Å². The van der Waals surface area contributed by atoms with E-state index in [2.05, 4.69) is 4.90 Å². The zero-order chi connectivity index (χ0) is 19.6. The lowest BCUT2D eigenvalue weighted by atomic mass is 10.2. The molecular formula is C19H30N3O3S2-. The zero-order valence-corrected chi connectivity index (χ0v) is 17.6. The van der Waals surface area contributed by atoms with Crippen LogP contribution >= 0.6 is 11.3 Å². The Morgan fingerprint density at radius 3 is 2.52 bits per heavy atom. The molecule has 8 heteroatoms. The molecule has 0 bridgehead atoms. The molecule has 27 heavy (non-hydrogen) atoms. The van der Waals surface area contributed by atoms with Gasteiger partial charge in [-0.3, -0.25) is 4.21 Å². The molecule has 0 aliphatic rings. The van der Waals surface area contributed by atoms with Crippen molar-refractivity contribution in [3.63, 3.8) is 0 Å². The fourth-order valence-electron chi connectivity index (χ4n) is 3.03. The van der Waals surface area contributed by atoms with Crippen molar-refractivity contribution in [1.82, 2.24) is 4.90 Å². The molecule has 6 nitrogen and oxygen atoms in total. The lowest BCUT2D eigenvalue weighted by Gasteiger charge is -2.22. The molecule has 1 aromatic carbocycles. The molecule has 2 aromatic rings. The van der Waals surface area contributed by atoms with Crippen LogP contribution in [0, 0.1) is 6.92 Å². The van der Waals surface area contributed by atoms with Gasteiger partial charge in [-0.2, -0.15) is 0 Å². The van der Waals surface area contributed by atoms with Crippen molar-refractivity contribution in [1.29, 1.82) is 0 Å². The number of benzene rings is 1. The fraction of sp³-hybridized carbons (Fsp3) is 0.579. The average molecular weight is 413 g/mol. The van der Waals surface area contributed by atoms with Crippen LogP contribution < -0.4 is 16.2 Å². The number of fused-ring (bicyclic) bond motifs is 1. The second-order valence-electron chi connectivity index (χ2n) is 6.59. The highest BCUT2D eigenvalue weighted by Crippen LogP contribution is 2.34. The second kappa shape index (κ2) is 11.7. The van der Waals surface area contributed by atoms with Gasteiger partial charge in [-0.05, 0) is 93.6 Å². The minimum atomic E-state index is -2.19. The van der Waals surface area contributed by atoms with E-state index in [-0.39, 0.29) is 0 Å². The van der Waals surface area contributed by atoms with Gasteiger partial charge in [0.25, 0.3) is 0 Å². The molecule has 0 radical (unpaired) electrons. The van der Waals surface area contributed by atoms with Crippen molar-refractivity contribution in [2.24, 2.45) is 11.5 Å². The highest BCUT2D eigenvalue weighted by molar-refractivity contribution is 7.82. The van der Waals surface area contributed by atoms with Crippen molar-refractivity contribution in [2.45, 2.75) is 36.8 Å². The first-order valence-corrected chi connectivity index (χ1v) is 11.3. The number of thiophene rings is 1. The Balaban J connectivity index is 1.86. The first-order chi connectivity index (χ1) is 13.1. The van der Waals surface area contributed by atoms with Gasteiger partial charge in [-0.1, -0.05) is 0 Å². The maximum atomic E-state index is 11.3. The number of nitrogens with zero attached hydrogens (tertiary/aromatic N) is 1. The number of rotatable bonds is 13. The van der Waals surface area contributed by atoms with Crippen LogP contribution in [0.4, 0.5) is 0 Å². The smallest absolute Gasteiger partial charge is 0.119 e. The molecule has 0 amide bonds. The van der Waals surface area contributed by atoms with Gasteiger partial charge in [0.15, 0.2) is 0 Å². The summed E-state index contributed by atoms with van der Waals surface area (Å²) < 4.78 is 29.8. The van der Waals surface area contributed by atoms with Gasteiger partial charge < -0.3 is 25.7 Å². The summed E-state index contributed by atoms with van der Waals surface area (Å²) in [6, 6.07) is 5.77. The fourth-order valence-corrected chi connectivity index (χ4v) is 4.86. The predicted octanol–water partition coefficient (Wildman–Crippen LogP) is 2.61. The van der Waals surface area contributed by atoms with Crippen molar-refractivity contribution < 1.29 is 13.5 Å². The van der Waals surface area contributed by atoms with Gasteiger partial charge >= 0.3 is 0 Å². The van der Waals surface area contributed by atoms with E-state index in [4.69, 9.17) is 16.2 Å². The predicted molar refractivity (Wildman–Crippen MR) is 112 cm³/mol. The van der Waals surface area contributed by atoms with E-state index in [1.165, 1.54) is 11.3 Å². The second-order valence-corrected chi connectivity index (χ2v) is 8.78. The molecule has 0 saturated carbocycles. The summed E-state index contributed by atoms with van der Waals surface area (Å²) in [5.41, 5.74) is 12.0. The molecule has 1 atom stereocenters. The Morgan fingerprint density at radius 2 is 1.81 bits per heavy atom. The van der Waals surface area contributed by atoms with Crippen LogP contribution in [-0.2, 0) is 11.1 Å². The van der Waals surface area contributed by atoms with Crippen LogP contribution in [0.3, 0.4) is 0 Å². The normalized spacial score (nSPS) is 12.8. The molecule has 0 saturated heterocycles. The Bertz CT molecular complexity index is 736. The third-order valence-electron chi connectivity index (χ3n) is 4.51. The Morgan fingerprint density at radius 1 is 1.11 bits per heavy atom. The van der Waals surface area contributed by atoms with Gasteiger partial charge in [0.05, 0.1) is 10.8 Å². The van der Waals surface area contributed by atoms with Crippen molar-refractivity contribution in [2.75, 3.05) is 39.3 Å². The molecule has 1 unspecified atom stereocenters. The average Bonchev–Trinajstić information content (AvgIpc) is 2.99. The highest BCUT2D eigenvalue weighted by atomic mass is 32.2. The number of hydrogen-bond donors (Lipinski definition) is 2. The Kier molecular flexibility index (Phi) is 9.67. The minimum Gasteiger partial charge on any atom is -0.768 e. The third kappa shape index (κ3) is 6.81. The molecule has 0 aliphatic carbocycles. The van der Waals surface area contributed by atoms with Crippen LogP contribution in [0.5, 0.6) is 5.75 Å². The maximum absolute atomic E-state index is 11.3. The monoisotopic (exact) mass is 412 g/mol. The number of unbranched alkanes of at least 4 members (excludes halogenated alkanes) is 1. The van der Waals surface area contributed by atoms with Gasteiger partial charge in [0, 0.05) is 16.6 Å². The molecule has 1 aromatic heterocycles. The Labute approximate surface area is 168 Å². The first kappa shape index (κ1) is 22.3. The quantitative estimate of drug-likeness (QED) is 0.387. The standard InChI is InChI=1S/C19H31N3O3S2/c1-15-17-14-16(6-7-18(17)26-19(15)27(23)24)25-13-5-12-22(11-4-9-21)10-3-2-8-20/h6-7,14H,2-5,8-13,20-21H2,1H3,(H,23,24)/p-1. The van der Waals surface area contributed by atoms with Crippen LogP contribution in [0.2, 0.25) is 0 Å². The van der Waals surface area contributed by atoms with Gasteiger partial charge in [0.2, 0.25) is 0 Å². The van der Waals surface area contributed by atoms with Crippen LogP contribution in [0.25, 0.3) is 10.1 Å². The lowest BCUT2D eigenvalue weighted by Crippen LogP contribution is -2.29. The van der Waals surface area contributed by atoms with Crippen LogP contribution in [0.15, 0.2) is 22.4 Å². The number of nitrogens with two attached hydrogens (primary N) is 2. The van der Waals surface area contributed by atoms with E-state index in [1.54, 1.807) is 0 Å². The summed E-state index contributed by atoms with van der Waals surface area (Å²) in [5, 5.41) is 0.947. The SMILES string of the molecule is Cc1c(S(=O)[O-])sc2ccc(OCCCN(CCCN)CCCCN)cc12. The van der Waals surface area contributed by atoms with Gasteiger partial charge in [-0.15, -0.1) is 11.3 Å². The highest BCUT2D eigenvalue weighted by Gasteiger charge is 2.10. The molecule has 0 aliphatic heterocycles. The Hall–Kier alpha value is -1.03. The van der Waals surface area contributed by atoms with E-state index in [9.17, 15) is 8.76 Å². The van der Waals surface area contributed by atoms with E-state index in [0.29, 0.717) is 17.4 Å². The van der Waals surface area contributed by atoms with Crippen LogP contribution in [-0.4, -0.2) is 53.0 Å².